The molecule has 0 aliphatic rings. The minimum absolute atomic E-state index is 0.00539. The minimum atomic E-state index is -0.541. The summed E-state index contributed by atoms with van der Waals surface area (Å²) in [6.45, 7) is 9.75. The summed E-state index contributed by atoms with van der Waals surface area (Å²) in [5, 5.41) is 17.8. The van der Waals surface area contributed by atoms with Crippen LogP contribution < -0.4 is 11.0 Å². The Morgan fingerprint density at radius 3 is 2.22 bits per heavy atom. The highest BCUT2D eigenvalue weighted by molar-refractivity contribution is 6.01. The number of carbonyl (C=O) groups is 1. The molecule has 2 N–H and O–H groups in total. The molecule has 3 rings (SSSR count). The molecule has 0 unspecified atom stereocenters. The van der Waals surface area contributed by atoms with E-state index < -0.39 is 10.8 Å². The summed E-state index contributed by atoms with van der Waals surface area (Å²) in [4.78, 5) is 35.5. The maximum absolute atomic E-state index is 13.0. The van der Waals surface area contributed by atoms with E-state index in [2.05, 4.69) is 36.4 Å². The first kappa shape index (κ1) is 22.7. The average Bonchev–Trinajstić information content (AvgIpc) is 3.05. The summed E-state index contributed by atoms with van der Waals surface area (Å²) in [6.07, 6.45) is 0. The van der Waals surface area contributed by atoms with E-state index in [9.17, 15) is 19.7 Å². The van der Waals surface area contributed by atoms with E-state index in [0.717, 1.165) is 5.56 Å². The first-order chi connectivity index (χ1) is 15.0. The normalized spacial score (nSPS) is 12.0. The number of hydrogen-bond acceptors (Lipinski definition) is 5. The maximum Gasteiger partial charge on any atom is 0.280 e. The van der Waals surface area contributed by atoms with Gasteiger partial charge in [0, 0.05) is 23.4 Å². The molecule has 0 spiro atoms. The number of aryl methyl sites for hydroxylation is 1. The van der Waals surface area contributed by atoms with Crippen LogP contribution in [0.1, 0.15) is 54.9 Å². The second-order valence-electron chi connectivity index (χ2n) is 8.49. The molecule has 0 aliphatic carbocycles. The fraction of sp³-hybridized carbons (Fsp3) is 0.261. The summed E-state index contributed by atoms with van der Waals surface area (Å²) in [5.74, 6) is -0.537. The smallest absolute Gasteiger partial charge is 0.280 e. The van der Waals surface area contributed by atoms with Crippen molar-refractivity contribution < 1.29 is 9.72 Å². The van der Waals surface area contributed by atoms with Gasteiger partial charge in [0.25, 0.3) is 17.2 Å². The first-order valence-corrected chi connectivity index (χ1v) is 10.0. The van der Waals surface area contributed by atoms with E-state index in [1.54, 1.807) is 13.8 Å². The highest BCUT2D eigenvalue weighted by atomic mass is 16.6. The number of benzene rings is 2. The van der Waals surface area contributed by atoms with Gasteiger partial charge in [0.2, 0.25) is 0 Å². The fourth-order valence-electron chi connectivity index (χ4n) is 3.25. The molecule has 0 saturated carbocycles. The maximum atomic E-state index is 13.0. The standard InChI is InChI=1S/C23H25N5O4/c1-14(24-25-21(29)16-6-10-19(11-7-16)28(31)32)20-15(2)26-27(22(20)30)18-12-8-17(9-13-18)23(3,4)5/h6-13,26H,1-5H3,(H,25,29)/b24-14+. The van der Waals surface area contributed by atoms with Gasteiger partial charge in [-0.1, -0.05) is 32.9 Å². The number of nitro groups is 1. The fourth-order valence-corrected chi connectivity index (χ4v) is 3.25. The molecule has 0 bridgehead atoms. The van der Waals surface area contributed by atoms with Crippen LogP contribution in [0.3, 0.4) is 0 Å². The summed E-state index contributed by atoms with van der Waals surface area (Å²) in [5.41, 5.74) is 5.38. The predicted octanol–water partition coefficient (Wildman–Crippen LogP) is 3.83. The summed E-state index contributed by atoms with van der Waals surface area (Å²) < 4.78 is 1.44. The number of hydrazone groups is 1. The second-order valence-corrected chi connectivity index (χ2v) is 8.49. The van der Waals surface area contributed by atoms with E-state index in [1.807, 2.05) is 24.3 Å². The quantitative estimate of drug-likeness (QED) is 0.359. The molecule has 1 heterocycles. The second kappa shape index (κ2) is 8.62. The van der Waals surface area contributed by atoms with Crippen LogP contribution in [0.25, 0.3) is 5.69 Å². The summed E-state index contributed by atoms with van der Waals surface area (Å²) >= 11 is 0. The molecule has 9 heteroatoms. The van der Waals surface area contributed by atoms with Gasteiger partial charge >= 0.3 is 0 Å². The van der Waals surface area contributed by atoms with Crippen LogP contribution in [0.4, 0.5) is 5.69 Å². The number of nitro benzene ring substituents is 1. The van der Waals surface area contributed by atoms with Gasteiger partial charge in [-0.05, 0) is 49.1 Å². The van der Waals surface area contributed by atoms with Crippen LogP contribution in [0.5, 0.6) is 0 Å². The number of H-pyrrole nitrogens is 1. The lowest BCUT2D eigenvalue weighted by Gasteiger charge is -2.19. The number of nitrogens with zero attached hydrogens (tertiary/aromatic N) is 3. The molecule has 9 nitrogen and oxygen atoms in total. The van der Waals surface area contributed by atoms with E-state index in [-0.39, 0.29) is 22.2 Å². The van der Waals surface area contributed by atoms with Crippen molar-refractivity contribution in [3.8, 4) is 5.69 Å². The topological polar surface area (TPSA) is 122 Å². The average molecular weight is 435 g/mol. The number of aromatic amines is 1. The van der Waals surface area contributed by atoms with E-state index in [0.29, 0.717) is 22.7 Å². The van der Waals surface area contributed by atoms with Crippen LogP contribution in [0.15, 0.2) is 58.4 Å². The Hall–Kier alpha value is -4.01. The molecule has 0 fully saturated rings. The Bertz CT molecular complexity index is 1240. The molecule has 2 aromatic carbocycles. The predicted molar refractivity (Wildman–Crippen MR) is 123 cm³/mol. The van der Waals surface area contributed by atoms with Crippen molar-refractivity contribution in [1.82, 2.24) is 15.2 Å². The van der Waals surface area contributed by atoms with Crippen molar-refractivity contribution >= 4 is 17.3 Å². The number of carbonyl (C=O) groups excluding carboxylic acids is 1. The third kappa shape index (κ3) is 4.66. The SMILES string of the molecule is C/C(=N\NC(=O)c1ccc([N+](=O)[O-])cc1)c1c(C)[nH]n(-c2ccc(C(C)(C)C)cc2)c1=O. The lowest BCUT2D eigenvalue weighted by Crippen LogP contribution is -2.23. The summed E-state index contributed by atoms with van der Waals surface area (Å²) in [7, 11) is 0. The van der Waals surface area contributed by atoms with Crippen LogP contribution in [0, 0.1) is 17.0 Å². The van der Waals surface area contributed by atoms with Crippen LogP contribution in [-0.2, 0) is 5.41 Å². The van der Waals surface area contributed by atoms with Crippen LogP contribution in [-0.4, -0.2) is 26.3 Å². The van der Waals surface area contributed by atoms with Crippen LogP contribution in [0.2, 0.25) is 0 Å². The van der Waals surface area contributed by atoms with E-state index in [1.165, 1.54) is 28.9 Å². The van der Waals surface area contributed by atoms with Gasteiger partial charge in [-0.25, -0.2) is 10.1 Å². The largest absolute Gasteiger partial charge is 0.295 e. The van der Waals surface area contributed by atoms with Gasteiger partial charge in [0.1, 0.15) is 0 Å². The number of aromatic nitrogens is 2. The number of non-ortho nitro benzene ring substituents is 1. The zero-order valence-electron chi connectivity index (χ0n) is 18.6. The zero-order chi connectivity index (χ0) is 23.6. The number of nitrogens with one attached hydrogen (secondary N) is 2. The Morgan fingerprint density at radius 1 is 1.09 bits per heavy atom. The van der Waals surface area contributed by atoms with Gasteiger partial charge in [0.05, 0.1) is 21.9 Å². The molecule has 32 heavy (non-hydrogen) atoms. The zero-order valence-corrected chi connectivity index (χ0v) is 18.6. The van der Waals surface area contributed by atoms with Crippen molar-refractivity contribution in [2.24, 2.45) is 5.10 Å². The van der Waals surface area contributed by atoms with Gasteiger partial charge in [-0.15, -0.1) is 0 Å². The molecule has 0 atom stereocenters. The van der Waals surface area contributed by atoms with Crippen molar-refractivity contribution in [1.29, 1.82) is 0 Å². The molecule has 0 radical (unpaired) electrons. The third-order valence-electron chi connectivity index (χ3n) is 5.09. The Morgan fingerprint density at radius 2 is 1.69 bits per heavy atom. The number of hydrogen-bond donors (Lipinski definition) is 2. The molecule has 0 saturated heterocycles. The highest BCUT2D eigenvalue weighted by Gasteiger charge is 2.17. The monoisotopic (exact) mass is 435 g/mol. The number of amides is 1. The lowest BCUT2D eigenvalue weighted by molar-refractivity contribution is -0.384. The minimum Gasteiger partial charge on any atom is -0.295 e. The molecule has 3 aromatic rings. The van der Waals surface area contributed by atoms with Gasteiger partial charge in [-0.2, -0.15) is 5.10 Å². The highest BCUT2D eigenvalue weighted by Crippen LogP contribution is 2.23. The molecular weight excluding hydrogens is 410 g/mol. The Kier molecular flexibility index (Phi) is 6.11. The lowest BCUT2D eigenvalue weighted by atomic mass is 9.87. The summed E-state index contributed by atoms with van der Waals surface area (Å²) in [6, 6.07) is 12.9. The third-order valence-corrected chi connectivity index (χ3v) is 5.09. The molecular formula is C23H25N5O4. The number of rotatable bonds is 5. The Balaban J connectivity index is 1.83. The van der Waals surface area contributed by atoms with Gasteiger partial charge < -0.3 is 0 Å². The van der Waals surface area contributed by atoms with Crippen molar-refractivity contribution in [2.75, 3.05) is 0 Å². The first-order valence-electron chi connectivity index (χ1n) is 10.0. The van der Waals surface area contributed by atoms with Gasteiger partial charge in [-0.3, -0.25) is 24.8 Å². The van der Waals surface area contributed by atoms with E-state index in [4.69, 9.17) is 0 Å². The molecule has 1 aromatic heterocycles. The van der Waals surface area contributed by atoms with Crippen LogP contribution >= 0.6 is 0 Å². The molecule has 0 aliphatic heterocycles. The molecule has 166 valence electrons. The van der Waals surface area contributed by atoms with Crippen molar-refractivity contribution in [2.45, 2.75) is 40.0 Å². The Labute approximate surface area is 184 Å². The molecule has 1 amide bonds. The van der Waals surface area contributed by atoms with Crippen molar-refractivity contribution in [3.63, 3.8) is 0 Å². The van der Waals surface area contributed by atoms with Crippen molar-refractivity contribution in [3.05, 3.63) is 91.4 Å². The van der Waals surface area contributed by atoms with E-state index >= 15 is 0 Å². The van der Waals surface area contributed by atoms with Gasteiger partial charge in [0.15, 0.2) is 0 Å².